The largest absolute Gasteiger partial charge is 0.504 e. The number of carbonyl (C=O) groups is 1. The fourth-order valence-corrected chi connectivity index (χ4v) is 1.14. The van der Waals surface area contributed by atoms with Crippen molar-refractivity contribution in [2.45, 2.75) is 38.0 Å². The molecule has 0 spiro atoms. The van der Waals surface area contributed by atoms with Crippen molar-refractivity contribution < 1.29 is 53.3 Å². The second-order valence-electron chi connectivity index (χ2n) is 3.99. The Bertz CT molecular complexity index is 395. The predicted octanol–water partition coefficient (Wildman–Crippen LogP) is 4.79. The Labute approximate surface area is 134 Å². The maximum atomic E-state index is 11.4. The van der Waals surface area contributed by atoms with Gasteiger partial charge in [-0.05, 0) is 25.7 Å². The van der Waals surface area contributed by atoms with E-state index in [9.17, 15) is 31.1 Å². The first-order chi connectivity index (χ1) is 9.55. The molecule has 131 valence electrons. The van der Waals surface area contributed by atoms with Gasteiger partial charge in [-0.15, -0.1) is 0 Å². The molecule has 1 aliphatic rings. The van der Waals surface area contributed by atoms with Crippen LogP contribution in [0.15, 0.2) is 36.1 Å². The van der Waals surface area contributed by atoms with Crippen LogP contribution in [-0.4, -0.2) is 23.2 Å². The summed E-state index contributed by atoms with van der Waals surface area (Å²) >= 11 is 0. The Morgan fingerprint density at radius 1 is 0.818 bits per heavy atom. The molecule has 1 aliphatic carbocycles. The molecule has 0 saturated heterocycles. The van der Waals surface area contributed by atoms with Gasteiger partial charge in [0, 0.05) is 23.1 Å². The molecule has 0 aromatic heterocycles. The van der Waals surface area contributed by atoms with Gasteiger partial charge in [0.2, 0.25) is 5.76 Å². The van der Waals surface area contributed by atoms with Crippen LogP contribution in [0, 0.1) is 0 Å². The molecule has 1 N–H and O–H groups in total. The molecular weight excluding hydrogens is 366 g/mol. The molecule has 0 aliphatic heterocycles. The van der Waals surface area contributed by atoms with Gasteiger partial charge < -0.3 is 5.11 Å². The van der Waals surface area contributed by atoms with E-state index in [4.69, 9.17) is 5.11 Å². The molecule has 1 rings (SSSR count). The number of halogens is 6. The molecule has 1 radical (unpaired) electrons. The SMILES string of the molecule is C1=C\CC/C=C\CC/1.O=C(/C=C(\O)C(F)(F)F)C(F)(F)F.[Cu]. The van der Waals surface area contributed by atoms with Crippen LogP contribution < -0.4 is 0 Å². The molecule has 0 unspecified atom stereocenters. The van der Waals surface area contributed by atoms with Gasteiger partial charge in [-0.1, -0.05) is 24.3 Å². The van der Waals surface area contributed by atoms with Crippen molar-refractivity contribution in [1.82, 2.24) is 0 Å². The zero-order valence-electron chi connectivity index (χ0n) is 11.1. The first kappa shape index (κ1) is 23.1. The van der Waals surface area contributed by atoms with Crippen molar-refractivity contribution >= 4 is 5.78 Å². The first-order valence-electron chi connectivity index (χ1n) is 5.94. The van der Waals surface area contributed by atoms with Gasteiger partial charge in [-0.3, -0.25) is 4.79 Å². The van der Waals surface area contributed by atoms with Crippen LogP contribution in [0.3, 0.4) is 0 Å². The molecule has 0 saturated carbocycles. The number of carbonyl (C=O) groups excluding carboxylic acids is 1. The van der Waals surface area contributed by atoms with Gasteiger partial charge in [-0.2, -0.15) is 26.3 Å². The zero-order valence-corrected chi connectivity index (χ0v) is 12.1. The number of hydrogen-bond acceptors (Lipinski definition) is 2. The van der Waals surface area contributed by atoms with Crippen LogP contribution in [-0.2, 0) is 21.9 Å². The molecule has 0 fully saturated rings. The Hall–Kier alpha value is -1.21. The molecule has 0 aromatic rings. The number of alkyl halides is 6. The third-order valence-corrected chi connectivity index (χ3v) is 2.17. The summed E-state index contributed by atoms with van der Waals surface area (Å²) in [6.45, 7) is 0. The van der Waals surface area contributed by atoms with Crippen molar-refractivity contribution in [2.24, 2.45) is 0 Å². The van der Waals surface area contributed by atoms with Crippen molar-refractivity contribution in [3.63, 3.8) is 0 Å². The van der Waals surface area contributed by atoms with Crippen LogP contribution in [0.25, 0.3) is 0 Å². The third-order valence-electron chi connectivity index (χ3n) is 2.17. The van der Waals surface area contributed by atoms with E-state index in [0.717, 1.165) is 0 Å². The quantitative estimate of drug-likeness (QED) is 0.234. The molecule has 0 atom stereocenters. The van der Waals surface area contributed by atoms with Gasteiger partial charge in [0.05, 0.1) is 0 Å². The average Bonchev–Trinajstić information content (AvgIpc) is 2.25. The maximum Gasteiger partial charge on any atom is 0.454 e. The summed E-state index contributed by atoms with van der Waals surface area (Å²) < 4.78 is 68.1. The molecular formula is C13H14CuF6O2. The summed E-state index contributed by atoms with van der Waals surface area (Å²) in [4.78, 5) is 9.86. The van der Waals surface area contributed by atoms with E-state index in [1.807, 2.05) is 0 Å². The molecule has 2 nitrogen and oxygen atoms in total. The van der Waals surface area contributed by atoms with Crippen LogP contribution in [0.5, 0.6) is 0 Å². The van der Waals surface area contributed by atoms with Crippen molar-refractivity contribution in [2.75, 3.05) is 0 Å². The Balaban J connectivity index is 0. The smallest absolute Gasteiger partial charge is 0.454 e. The molecule has 0 aromatic carbocycles. The van der Waals surface area contributed by atoms with E-state index >= 15 is 0 Å². The summed E-state index contributed by atoms with van der Waals surface area (Å²) in [7, 11) is 0. The van der Waals surface area contributed by atoms with Crippen molar-refractivity contribution in [3.05, 3.63) is 36.1 Å². The Morgan fingerprint density at radius 2 is 1.14 bits per heavy atom. The second kappa shape index (κ2) is 10.5. The van der Waals surface area contributed by atoms with Crippen LogP contribution in [0.4, 0.5) is 26.3 Å². The number of hydrogen-bond donors (Lipinski definition) is 1. The number of rotatable bonds is 1. The normalized spacial score (nSPS) is 18.7. The fraction of sp³-hybridized carbons (Fsp3) is 0.462. The van der Waals surface area contributed by atoms with Crippen LogP contribution in [0.2, 0.25) is 0 Å². The molecule has 0 amide bonds. The van der Waals surface area contributed by atoms with Crippen molar-refractivity contribution in [3.8, 4) is 0 Å². The van der Waals surface area contributed by atoms with Crippen LogP contribution >= 0.6 is 0 Å². The summed E-state index contributed by atoms with van der Waals surface area (Å²) in [6, 6.07) is 0. The topological polar surface area (TPSA) is 37.3 Å². The minimum Gasteiger partial charge on any atom is -0.504 e. The van der Waals surface area contributed by atoms with Gasteiger partial charge in [0.25, 0.3) is 5.78 Å². The number of aliphatic hydroxyl groups is 1. The minimum absolute atomic E-state index is 0. The monoisotopic (exact) mass is 379 g/mol. The fourth-order valence-electron chi connectivity index (χ4n) is 1.14. The Morgan fingerprint density at radius 3 is 1.36 bits per heavy atom. The van der Waals surface area contributed by atoms with E-state index in [0.29, 0.717) is 0 Å². The number of ketones is 1. The van der Waals surface area contributed by atoms with E-state index in [-0.39, 0.29) is 17.1 Å². The second-order valence-corrected chi connectivity index (χ2v) is 3.99. The third kappa shape index (κ3) is 11.4. The average molecular weight is 380 g/mol. The Kier molecular flexibility index (Phi) is 11.0. The zero-order chi connectivity index (χ0) is 16.5. The van der Waals surface area contributed by atoms with E-state index in [1.54, 1.807) is 0 Å². The summed E-state index contributed by atoms with van der Waals surface area (Å²) in [5.74, 6) is -5.34. The van der Waals surface area contributed by atoms with Crippen molar-refractivity contribution in [1.29, 1.82) is 0 Å². The molecule has 0 bridgehead atoms. The summed E-state index contributed by atoms with van der Waals surface area (Å²) in [5, 5.41) is 7.93. The predicted molar refractivity (Wildman–Crippen MR) is 64.6 cm³/mol. The molecule has 9 heteroatoms. The molecule has 0 heterocycles. The maximum absolute atomic E-state index is 11.4. The first-order valence-corrected chi connectivity index (χ1v) is 5.94. The van der Waals surface area contributed by atoms with E-state index in [1.165, 1.54) is 25.7 Å². The van der Waals surface area contributed by atoms with E-state index < -0.39 is 30.0 Å². The van der Waals surface area contributed by atoms with Gasteiger partial charge in [0.1, 0.15) is 0 Å². The minimum atomic E-state index is -5.42. The summed E-state index contributed by atoms with van der Waals surface area (Å²) in [6.07, 6.45) is 2.32. The van der Waals surface area contributed by atoms with Gasteiger partial charge >= 0.3 is 12.4 Å². The van der Waals surface area contributed by atoms with E-state index in [2.05, 4.69) is 24.3 Å². The number of allylic oxidation sites excluding steroid dienone is 6. The van der Waals surface area contributed by atoms with Gasteiger partial charge in [-0.25, -0.2) is 0 Å². The van der Waals surface area contributed by atoms with Crippen LogP contribution in [0.1, 0.15) is 25.7 Å². The molecule has 22 heavy (non-hydrogen) atoms. The summed E-state index contributed by atoms with van der Waals surface area (Å²) in [5.41, 5.74) is 0. The standard InChI is InChI=1S/C8H12.C5H2F6O2.Cu/c1-2-4-6-8-7-5-3-1;6-4(7,8)2(12)1-3(13)5(9,10)11;/h1-2,7-8H,3-6H2;1,12H;/b2-1-,8-7-;2-1-;. The van der Waals surface area contributed by atoms with Gasteiger partial charge in [0.15, 0.2) is 0 Å². The number of aliphatic hydroxyl groups excluding tert-OH is 1.